The zero-order valence-corrected chi connectivity index (χ0v) is 15.3. The van der Waals surface area contributed by atoms with Crippen LogP contribution in [0.3, 0.4) is 0 Å². The molecule has 0 N–H and O–H groups in total. The van der Waals surface area contributed by atoms with Gasteiger partial charge in [0.15, 0.2) is 0 Å². The van der Waals surface area contributed by atoms with Gasteiger partial charge in [0.25, 0.3) is 11.8 Å². The fourth-order valence-electron chi connectivity index (χ4n) is 3.18. The smallest absolute Gasteiger partial charge is 0.261 e. The van der Waals surface area contributed by atoms with Crippen molar-refractivity contribution in [3.63, 3.8) is 0 Å². The fraction of sp³-hybridized carbons (Fsp3) is 0.211. The van der Waals surface area contributed by atoms with Crippen LogP contribution in [0.5, 0.6) is 0 Å². The minimum absolute atomic E-state index is 0.0591. The lowest BCUT2D eigenvalue weighted by Crippen LogP contribution is -2.30. The van der Waals surface area contributed by atoms with E-state index in [1.807, 2.05) is 10.8 Å². The van der Waals surface area contributed by atoms with Crippen molar-refractivity contribution < 1.29 is 9.59 Å². The second-order valence-corrected chi connectivity index (χ2v) is 6.47. The minimum Gasteiger partial charge on any atom is -0.337 e. The van der Waals surface area contributed by atoms with E-state index < -0.39 is 0 Å². The predicted molar refractivity (Wildman–Crippen MR) is 103 cm³/mol. The van der Waals surface area contributed by atoms with Gasteiger partial charge in [-0.2, -0.15) is 0 Å². The quantitative estimate of drug-likeness (QED) is 0.201. The third-order valence-corrected chi connectivity index (χ3v) is 4.63. The Balaban J connectivity index is 1.30. The van der Waals surface area contributed by atoms with Crippen LogP contribution in [-0.2, 0) is 6.54 Å². The molecule has 2 aromatic heterocycles. The molecule has 0 radical (unpaired) electrons. The molecule has 144 valence electrons. The van der Waals surface area contributed by atoms with Crippen molar-refractivity contribution in [2.45, 2.75) is 19.4 Å². The van der Waals surface area contributed by atoms with Crippen LogP contribution in [0.4, 0.5) is 5.95 Å². The molecule has 10 heteroatoms. The molecule has 2 amide bonds. The predicted octanol–water partition coefficient (Wildman–Crippen LogP) is 3.36. The lowest BCUT2D eigenvalue weighted by atomic mass is 10.1. The maximum Gasteiger partial charge on any atom is 0.261 e. The molecule has 3 heterocycles. The van der Waals surface area contributed by atoms with Crippen LogP contribution in [0.2, 0.25) is 0 Å². The number of aromatic nitrogens is 4. The third-order valence-electron chi connectivity index (χ3n) is 4.63. The lowest BCUT2D eigenvalue weighted by molar-refractivity contribution is 0.0651. The number of carbonyl (C=O) groups excluding carboxylic acids is 2. The van der Waals surface area contributed by atoms with E-state index in [0.717, 1.165) is 6.42 Å². The Hall–Kier alpha value is -4.04. The molecule has 3 aromatic rings. The van der Waals surface area contributed by atoms with Gasteiger partial charge < -0.3 is 4.57 Å². The number of amides is 2. The van der Waals surface area contributed by atoms with Crippen LogP contribution in [0.15, 0.2) is 54.3 Å². The largest absolute Gasteiger partial charge is 0.337 e. The van der Waals surface area contributed by atoms with E-state index in [0.29, 0.717) is 41.9 Å². The van der Waals surface area contributed by atoms with E-state index in [-0.39, 0.29) is 17.8 Å². The molecule has 0 spiro atoms. The molecule has 29 heavy (non-hydrogen) atoms. The lowest BCUT2D eigenvalue weighted by Gasteiger charge is -2.13. The summed E-state index contributed by atoms with van der Waals surface area (Å²) in [6, 6.07) is 6.90. The summed E-state index contributed by atoms with van der Waals surface area (Å²) in [5.41, 5.74) is 10.8. The van der Waals surface area contributed by atoms with Crippen molar-refractivity contribution in [3.05, 3.63) is 70.8 Å². The number of rotatable bonds is 7. The van der Waals surface area contributed by atoms with E-state index in [2.05, 4.69) is 25.0 Å². The molecule has 1 aliphatic rings. The van der Waals surface area contributed by atoms with Gasteiger partial charge in [-0.15, -0.1) is 0 Å². The van der Waals surface area contributed by atoms with Gasteiger partial charge in [-0.3, -0.25) is 14.5 Å². The van der Waals surface area contributed by atoms with E-state index in [1.54, 1.807) is 43.0 Å². The molecule has 4 rings (SSSR count). The number of benzene rings is 1. The fourth-order valence-corrected chi connectivity index (χ4v) is 3.18. The number of nitrogens with zero attached hydrogens (tertiary/aromatic N) is 8. The summed E-state index contributed by atoms with van der Waals surface area (Å²) in [5.74, 6) is -0.386. The van der Waals surface area contributed by atoms with E-state index in [1.165, 1.54) is 4.90 Å². The highest BCUT2D eigenvalue weighted by molar-refractivity contribution is 6.21. The molecule has 10 nitrogen and oxygen atoms in total. The first-order valence-electron chi connectivity index (χ1n) is 9.02. The van der Waals surface area contributed by atoms with Crippen molar-refractivity contribution in [1.29, 1.82) is 0 Å². The van der Waals surface area contributed by atoms with Crippen molar-refractivity contribution in [2.24, 2.45) is 5.11 Å². The van der Waals surface area contributed by atoms with Gasteiger partial charge in [-0.25, -0.2) is 15.0 Å². The molecular weight excluding hydrogens is 372 g/mol. The van der Waals surface area contributed by atoms with Crippen LogP contribution >= 0.6 is 0 Å². The summed E-state index contributed by atoms with van der Waals surface area (Å²) in [4.78, 5) is 40.9. The average Bonchev–Trinajstić information content (AvgIpc) is 3.31. The molecule has 0 saturated heterocycles. The van der Waals surface area contributed by atoms with Crippen LogP contribution in [0, 0.1) is 0 Å². The second kappa shape index (κ2) is 7.91. The molecule has 0 saturated carbocycles. The summed E-state index contributed by atoms with van der Waals surface area (Å²) in [7, 11) is 0. The number of imide groups is 1. The van der Waals surface area contributed by atoms with Gasteiger partial charge >= 0.3 is 0 Å². The number of hydrogen-bond acceptors (Lipinski definition) is 6. The molecular formula is C19H16N8O2. The van der Waals surface area contributed by atoms with Gasteiger partial charge in [0.1, 0.15) is 0 Å². The highest BCUT2D eigenvalue weighted by Crippen LogP contribution is 2.23. The summed E-state index contributed by atoms with van der Waals surface area (Å²) >= 11 is 0. The van der Waals surface area contributed by atoms with E-state index >= 15 is 0 Å². The first kappa shape index (κ1) is 18.3. The molecule has 0 fully saturated rings. The monoisotopic (exact) mass is 388 g/mol. The Morgan fingerprint density at radius 2 is 1.62 bits per heavy atom. The average molecular weight is 388 g/mol. The molecule has 0 bridgehead atoms. The van der Waals surface area contributed by atoms with Gasteiger partial charge in [0.05, 0.1) is 23.1 Å². The normalized spacial score (nSPS) is 12.8. The molecule has 1 aliphatic heterocycles. The van der Waals surface area contributed by atoms with Crippen LogP contribution < -0.4 is 0 Å². The number of imidazole rings is 1. The van der Waals surface area contributed by atoms with E-state index in [9.17, 15) is 9.59 Å². The number of unbranched alkanes of at least 4 members (excludes halogenated alkanes) is 1. The maximum absolute atomic E-state index is 12.3. The Morgan fingerprint density at radius 1 is 0.966 bits per heavy atom. The highest BCUT2D eigenvalue weighted by atomic mass is 16.2. The Bertz CT molecular complexity index is 1080. The summed E-state index contributed by atoms with van der Waals surface area (Å²) in [6.45, 7) is 1.09. The molecule has 0 atom stereocenters. The number of azide groups is 1. The van der Waals surface area contributed by atoms with Crippen LogP contribution in [-0.4, -0.2) is 42.8 Å². The standard InChI is InChI=1S/C19H16N8O2/c20-25-24-19-21-9-13(10-22-19)16-11-26(12-23-16)7-3-4-8-27-17(28)14-5-1-2-6-15(14)18(27)29/h1-2,5-6,9-12H,3-4,7-8H2. The van der Waals surface area contributed by atoms with Crippen molar-refractivity contribution in [3.8, 4) is 11.3 Å². The van der Waals surface area contributed by atoms with Crippen molar-refractivity contribution in [1.82, 2.24) is 24.4 Å². The first-order valence-corrected chi connectivity index (χ1v) is 9.02. The van der Waals surface area contributed by atoms with Gasteiger partial charge in [-0.1, -0.05) is 12.1 Å². The number of aryl methyl sites for hydroxylation is 1. The topological polar surface area (TPSA) is 130 Å². The number of hydrogen-bond donors (Lipinski definition) is 0. The number of fused-ring (bicyclic) bond motifs is 1. The van der Waals surface area contributed by atoms with Crippen molar-refractivity contribution >= 4 is 17.8 Å². The summed E-state index contributed by atoms with van der Waals surface area (Å²) in [5, 5.41) is 3.33. The van der Waals surface area contributed by atoms with Gasteiger partial charge in [0, 0.05) is 42.2 Å². The Labute approximate surface area is 165 Å². The summed E-state index contributed by atoms with van der Waals surface area (Å²) in [6.07, 6.45) is 8.16. The van der Waals surface area contributed by atoms with Crippen LogP contribution in [0.1, 0.15) is 33.6 Å². The van der Waals surface area contributed by atoms with Crippen molar-refractivity contribution in [2.75, 3.05) is 6.54 Å². The highest BCUT2D eigenvalue weighted by Gasteiger charge is 2.34. The zero-order valence-electron chi connectivity index (χ0n) is 15.3. The van der Waals surface area contributed by atoms with Gasteiger partial charge in [0.2, 0.25) is 5.95 Å². The molecule has 0 aliphatic carbocycles. The first-order chi connectivity index (χ1) is 14.2. The van der Waals surface area contributed by atoms with Gasteiger partial charge in [-0.05, 0) is 35.6 Å². The Morgan fingerprint density at radius 3 is 2.28 bits per heavy atom. The van der Waals surface area contributed by atoms with Crippen LogP contribution in [0.25, 0.3) is 21.7 Å². The zero-order chi connectivity index (χ0) is 20.2. The second-order valence-electron chi connectivity index (χ2n) is 6.47. The minimum atomic E-state index is -0.223. The maximum atomic E-state index is 12.3. The Kier molecular flexibility index (Phi) is 5.00. The SMILES string of the molecule is [N-]=[N+]=Nc1ncc(-c2cn(CCCCN3C(=O)c4ccccc4C3=O)cn2)cn1. The number of carbonyl (C=O) groups is 2. The van der Waals surface area contributed by atoms with E-state index in [4.69, 9.17) is 5.53 Å². The summed E-state index contributed by atoms with van der Waals surface area (Å²) < 4.78 is 1.93. The third kappa shape index (κ3) is 3.69. The molecule has 0 unspecified atom stereocenters. The molecule has 1 aromatic carbocycles.